The van der Waals surface area contributed by atoms with Crippen LogP contribution in [0.15, 0.2) is 34.6 Å². The van der Waals surface area contributed by atoms with Gasteiger partial charge in [-0.25, -0.2) is 4.98 Å². The number of aromatic nitrogens is 1. The number of methoxy groups -OCH3 is 1. The molecule has 0 fully saturated rings. The second-order valence-electron chi connectivity index (χ2n) is 5.15. The number of ether oxygens (including phenoxy) is 1. The van der Waals surface area contributed by atoms with Gasteiger partial charge in [-0.3, -0.25) is 4.99 Å². The van der Waals surface area contributed by atoms with Crippen LogP contribution in [0.1, 0.15) is 21.8 Å². The van der Waals surface area contributed by atoms with Crippen LogP contribution in [0.5, 0.6) is 0 Å². The molecule has 136 valence electrons. The van der Waals surface area contributed by atoms with E-state index in [4.69, 9.17) is 4.74 Å². The number of nitrogens with one attached hydrogen (secondary N) is 2. The molecule has 9 heteroatoms. The minimum absolute atomic E-state index is 0.174. The van der Waals surface area contributed by atoms with Gasteiger partial charge in [-0.05, 0) is 11.1 Å². The van der Waals surface area contributed by atoms with E-state index >= 15 is 0 Å². The van der Waals surface area contributed by atoms with E-state index in [1.54, 1.807) is 14.2 Å². The summed E-state index contributed by atoms with van der Waals surface area (Å²) in [4.78, 5) is 7.62. The number of benzene rings is 1. The zero-order valence-electron chi connectivity index (χ0n) is 13.9. The normalized spacial score (nSPS) is 12.3. The summed E-state index contributed by atoms with van der Waals surface area (Å²) < 4.78 is 42.7. The van der Waals surface area contributed by atoms with Gasteiger partial charge in [-0.2, -0.15) is 13.2 Å². The number of alkyl halides is 3. The maximum Gasteiger partial charge on any atom is 0.434 e. The third-order valence-electron chi connectivity index (χ3n) is 3.27. The van der Waals surface area contributed by atoms with Crippen molar-refractivity contribution in [2.75, 3.05) is 14.2 Å². The molecule has 1 heterocycles. The van der Waals surface area contributed by atoms with Gasteiger partial charge in [0, 0.05) is 26.1 Å². The summed E-state index contributed by atoms with van der Waals surface area (Å²) in [5, 5.41) is 7.41. The third kappa shape index (κ3) is 6.02. The molecule has 2 rings (SSSR count). The summed E-state index contributed by atoms with van der Waals surface area (Å²) in [5.41, 5.74) is 1.27. The smallest absolute Gasteiger partial charge is 0.380 e. The van der Waals surface area contributed by atoms with Crippen LogP contribution in [0.2, 0.25) is 0 Å². The molecule has 25 heavy (non-hydrogen) atoms. The Morgan fingerprint density at radius 1 is 1.16 bits per heavy atom. The Hall–Kier alpha value is -2.13. The fourth-order valence-corrected chi connectivity index (χ4v) is 2.75. The molecular formula is C16H19F3N4OS. The molecule has 0 aliphatic rings. The number of hydrogen-bond acceptors (Lipinski definition) is 4. The predicted octanol–water partition coefficient (Wildman–Crippen LogP) is 3.17. The molecule has 1 aromatic heterocycles. The summed E-state index contributed by atoms with van der Waals surface area (Å²) in [6, 6.07) is 7.91. The van der Waals surface area contributed by atoms with Gasteiger partial charge >= 0.3 is 6.18 Å². The summed E-state index contributed by atoms with van der Waals surface area (Å²) in [6.45, 7) is 1.27. The Kier molecular flexibility index (Phi) is 6.77. The molecule has 1 aromatic carbocycles. The van der Waals surface area contributed by atoms with Crippen molar-refractivity contribution in [3.05, 3.63) is 51.5 Å². The van der Waals surface area contributed by atoms with Gasteiger partial charge in [0.2, 0.25) is 0 Å². The highest BCUT2D eigenvalue weighted by Gasteiger charge is 2.33. The van der Waals surface area contributed by atoms with Crippen molar-refractivity contribution >= 4 is 17.3 Å². The first-order chi connectivity index (χ1) is 11.9. The fourth-order valence-electron chi connectivity index (χ4n) is 2.01. The Balaban J connectivity index is 1.83. The van der Waals surface area contributed by atoms with Gasteiger partial charge in [0.15, 0.2) is 11.7 Å². The van der Waals surface area contributed by atoms with Crippen molar-refractivity contribution in [2.24, 2.45) is 4.99 Å². The van der Waals surface area contributed by atoms with Gasteiger partial charge in [-0.15, -0.1) is 11.3 Å². The lowest BCUT2D eigenvalue weighted by atomic mass is 10.1. The topological polar surface area (TPSA) is 58.5 Å². The maximum atomic E-state index is 12.5. The Morgan fingerprint density at radius 2 is 1.80 bits per heavy atom. The molecule has 0 amide bonds. The first kappa shape index (κ1) is 19.2. The summed E-state index contributed by atoms with van der Waals surface area (Å²) in [6.07, 6.45) is -4.41. The first-order valence-corrected chi connectivity index (χ1v) is 8.33. The Labute approximate surface area is 148 Å². The molecule has 0 saturated carbocycles. The van der Waals surface area contributed by atoms with Crippen molar-refractivity contribution < 1.29 is 17.9 Å². The molecule has 5 nitrogen and oxygen atoms in total. The average molecular weight is 372 g/mol. The summed E-state index contributed by atoms with van der Waals surface area (Å²) >= 11 is 0.961. The van der Waals surface area contributed by atoms with Crippen LogP contribution in [-0.2, 0) is 30.6 Å². The summed E-state index contributed by atoms with van der Waals surface area (Å²) in [7, 11) is 3.24. The van der Waals surface area contributed by atoms with Gasteiger partial charge in [-0.1, -0.05) is 24.3 Å². The van der Waals surface area contributed by atoms with Crippen molar-refractivity contribution in [3.63, 3.8) is 0 Å². The van der Waals surface area contributed by atoms with Gasteiger partial charge < -0.3 is 15.4 Å². The minimum Gasteiger partial charge on any atom is -0.380 e. The number of hydrogen-bond donors (Lipinski definition) is 2. The van der Waals surface area contributed by atoms with Crippen LogP contribution in [0.4, 0.5) is 13.2 Å². The second kappa shape index (κ2) is 8.82. The predicted molar refractivity (Wildman–Crippen MR) is 91.3 cm³/mol. The van der Waals surface area contributed by atoms with E-state index in [0.717, 1.165) is 27.8 Å². The van der Waals surface area contributed by atoms with E-state index in [2.05, 4.69) is 20.6 Å². The monoisotopic (exact) mass is 372 g/mol. The molecular weight excluding hydrogens is 353 g/mol. The highest BCUT2D eigenvalue weighted by molar-refractivity contribution is 7.09. The van der Waals surface area contributed by atoms with Gasteiger partial charge in [0.1, 0.15) is 5.01 Å². The highest BCUT2D eigenvalue weighted by Crippen LogP contribution is 2.29. The van der Waals surface area contributed by atoms with Crippen LogP contribution < -0.4 is 10.6 Å². The molecule has 0 unspecified atom stereocenters. The zero-order chi connectivity index (χ0) is 18.3. The number of aliphatic imine (C=N–C) groups is 1. The van der Waals surface area contributed by atoms with Gasteiger partial charge in [0.05, 0.1) is 13.2 Å². The molecule has 2 N–H and O–H groups in total. The van der Waals surface area contributed by atoms with Crippen LogP contribution >= 0.6 is 11.3 Å². The molecule has 0 aliphatic heterocycles. The lowest BCUT2D eigenvalue weighted by molar-refractivity contribution is -0.140. The molecule has 0 saturated heterocycles. The Bertz CT molecular complexity index is 698. The molecule has 0 spiro atoms. The number of nitrogens with zero attached hydrogens (tertiary/aromatic N) is 2. The molecule has 0 aliphatic carbocycles. The number of rotatable bonds is 6. The van der Waals surface area contributed by atoms with E-state index in [9.17, 15) is 13.2 Å². The van der Waals surface area contributed by atoms with Gasteiger partial charge in [0.25, 0.3) is 0 Å². The number of halogens is 3. The lowest BCUT2D eigenvalue weighted by Gasteiger charge is -2.11. The summed E-state index contributed by atoms with van der Waals surface area (Å²) in [5.74, 6) is 0.490. The maximum absolute atomic E-state index is 12.5. The fraction of sp³-hybridized carbons (Fsp3) is 0.375. The number of guanidine groups is 1. The van der Waals surface area contributed by atoms with Crippen molar-refractivity contribution in [2.45, 2.75) is 25.9 Å². The van der Waals surface area contributed by atoms with E-state index in [1.165, 1.54) is 0 Å². The van der Waals surface area contributed by atoms with Crippen LogP contribution in [0.3, 0.4) is 0 Å². The van der Waals surface area contributed by atoms with Crippen LogP contribution in [0.25, 0.3) is 0 Å². The van der Waals surface area contributed by atoms with E-state index in [0.29, 0.717) is 24.1 Å². The van der Waals surface area contributed by atoms with Crippen molar-refractivity contribution in [1.29, 1.82) is 0 Å². The van der Waals surface area contributed by atoms with Crippen LogP contribution in [0, 0.1) is 0 Å². The minimum atomic E-state index is -4.41. The van der Waals surface area contributed by atoms with Crippen molar-refractivity contribution in [3.8, 4) is 0 Å². The lowest BCUT2D eigenvalue weighted by Crippen LogP contribution is -2.36. The largest absolute Gasteiger partial charge is 0.434 e. The Morgan fingerprint density at radius 3 is 2.36 bits per heavy atom. The molecule has 2 aromatic rings. The third-order valence-corrected chi connectivity index (χ3v) is 4.12. The SMILES string of the molecule is CN=C(NCc1ccc(COC)cc1)NCc1nc(C(F)(F)F)cs1. The molecule has 0 atom stereocenters. The molecule has 0 radical (unpaired) electrons. The average Bonchev–Trinajstić information content (AvgIpc) is 3.06. The molecule has 0 bridgehead atoms. The highest BCUT2D eigenvalue weighted by atomic mass is 32.1. The van der Waals surface area contributed by atoms with E-state index < -0.39 is 11.9 Å². The van der Waals surface area contributed by atoms with Crippen molar-refractivity contribution in [1.82, 2.24) is 15.6 Å². The second-order valence-corrected chi connectivity index (χ2v) is 6.10. The quantitative estimate of drug-likeness (QED) is 0.604. The standard InChI is InChI=1S/C16H19F3N4OS/c1-20-15(21-7-11-3-5-12(6-4-11)9-24-2)22-8-14-23-13(10-25-14)16(17,18)19/h3-6,10H,7-9H2,1-2H3,(H2,20,21,22). The van der Waals surface area contributed by atoms with Crippen LogP contribution in [-0.4, -0.2) is 25.1 Å². The number of thiazole rings is 1. The van der Waals surface area contributed by atoms with E-state index in [1.807, 2.05) is 24.3 Å². The zero-order valence-corrected chi connectivity index (χ0v) is 14.7. The van der Waals surface area contributed by atoms with E-state index in [-0.39, 0.29) is 6.54 Å². The first-order valence-electron chi connectivity index (χ1n) is 7.45.